The van der Waals surface area contributed by atoms with Gasteiger partial charge in [-0.15, -0.1) is 0 Å². The van der Waals surface area contributed by atoms with Crippen molar-refractivity contribution < 1.29 is 22.1 Å². The van der Waals surface area contributed by atoms with Crippen molar-refractivity contribution in [2.24, 2.45) is 0 Å². The minimum absolute atomic E-state index is 0. The first-order valence-corrected chi connectivity index (χ1v) is 9.69. The number of aliphatic hydroxyl groups excluding tert-OH is 1. The Labute approximate surface area is 154 Å². The van der Waals surface area contributed by atoms with Gasteiger partial charge in [-0.3, -0.25) is 0 Å². The quantitative estimate of drug-likeness (QED) is 0.503. The molecule has 1 N–H and O–H groups in total. The number of halogens is 1. The van der Waals surface area contributed by atoms with E-state index in [1.807, 2.05) is 6.08 Å². The summed E-state index contributed by atoms with van der Waals surface area (Å²) >= 11 is 0. The molecule has 0 amide bonds. The Kier molecular flexibility index (Phi) is 6.78. The summed E-state index contributed by atoms with van der Waals surface area (Å²) in [4.78, 5) is 0. The third kappa shape index (κ3) is 3.61. The van der Waals surface area contributed by atoms with E-state index in [2.05, 4.69) is 91.0 Å². The van der Waals surface area contributed by atoms with Crippen LogP contribution in [-0.4, -0.2) is 11.3 Å². The van der Waals surface area contributed by atoms with E-state index in [4.69, 9.17) is 0 Å². The molecule has 0 radical (unpaired) electrons. The predicted molar refractivity (Wildman–Crippen MR) is 102 cm³/mol. The van der Waals surface area contributed by atoms with Gasteiger partial charge in [-0.05, 0) is 42.5 Å². The fourth-order valence-corrected chi connectivity index (χ4v) is 7.00. The van der Waals surface area contributed by atoms with Crippen molar-refractivity contribution in [3.63, 3.8) is 0 Å². The van der Waals surface area contributed by atoms with Crippen molar-refractivity contribution in [2.45, 2.75) is 0 Å². The predicted octanol–water partition coefficient (Wildman–Crippen LogP) is 1.06. The van der Waals surface area contributed by atoms with Crippen molar-refractivity contribution in [1.29, 1.82) is 0 Å². The van der Waals surface area contributed by atoms with E-state index in [0.29, 0.717) is 0 Å². The first-order valence-electron chi connectivity index (χ1n) is 7.72. The van der Waals surface area contributed by atoms with Crippen LogP contribution in [0.25, 0.3) is 0 Å². The van der Waals surface area contributed by atoms with Gasteiger partial charge < -0.3 is 22.1 Å². The fraction of sp³-hybridized carbons (Fsp3) is 0.0476. The summed E-state index contributed by atoms with van der Waals surface area (Å²) in [5, 5.41) is 13.3. The monoisotopic (exact) mass is 398 g/mol. The Morgan fingerprint density at radius 2 is 0.958 bits per heavy atom. The van der Waals surface area contributed by atoms with E-state index in [9.17, 15) is 5.11 Å². The number of hydrogen-bond acceptors (Lipinski definition) is 1. The lowest BCUT2D eigenvalue weighted by Crippen LogP contribution is -3.00. The topological polar surface area (TPSA) is 20.2 Å². The molecular formula is C21H20BrOP. The zero-order valence-corrected chi connectivity index (χ0v) is 15.8. The Bertz CT molecular complexity index is 661. The molecule has 0 saturated carbocycles. The van der Waals surface area contributed by atoms with Gasteiger partial charge >= 0.3 is 0 Å². The summed E-state index contributed by atoms with van der Waals surface area (Å²) in [5.41, 5.74) is 0. The van der Waals surface area contributed by atoms with Crippen LogP contribution < -0.4 is 32.9 Å². The van der Waals surface area contributed by atoms with E-state index in [-0.39, 0.29) is 17.0 Å². The number of aliphatic hydroxyl groups is 1. The van der Waals surface area contributed by atoms with E-state index in [1.54, 1.807) is 0 Å². The van der Waals surface area contributed by atoms with Crippen LogP contribution in [0, 0.1) is 0 Å². The second kappa shape index (κ2) is 8.82. The van der Waals surface area contributed by atoms with Crippen LogP contribution in [0.1, 0.15) is 0 Å². The third-order valence-corrected chi connectivity index (χ3v) is 8.37. The largest absolute Gasteiger partial charge is 1.00 e. The van der Waals surface area contributed by atoms with Crippen molar-refractivity contribution >= 4 is 23.2 Å². The van der Waals surface area contributed by atoms with Crippen LogP contribution >= 0.6 is 7.26 Å². The molecule has 3 heteroatoms. The first-order chi connectivity index (χ1) is 11.4. The molecule has 0 aliphatic heterocycles. The van der Waals surface area contributed by atoms with E-state index < -0.39 is 7.26 Å². The third-order valence-electron chi connectivity index (χ3n) is 4.08. The molecule has 0 fully saturated rings. The van der Waals surface area contributed by atoms with Gasteiger partial charge in [-0.1, -0.05) is 54.6 Å². The molecule has 0 unspecified atom stereocenters. The highest BCUT2D eigenvalue weighted by atomic mass is 79.9. The highest BCUT2D eigenvalue weighted by molar-refractivity contribution is 7.95. The maximum absolute atomic E-state index is 9.31. The Balaban J connectivity index is 0.00000208. The summed E-state index contributed by atoms with van der Waals surface area (Å²) in [6, 6.07) is 32.0. The fourth-order valence-electron chi connectivity index (χ4n) is 3.02. The van der Waals surface area contributed by atoms with Crippen LogP contribution in [0.3, 0.4) is 0 Å². The average Bonchev–Trinajstić information content (AvgIpc) is 2.65. The minimum atomic E-state index is -1.82. The smallest absolute Gasteiger partial charge is 0.116 e. The maximum Gasteiger partial charge on any atom is 0.116 e. The highest BCUT2D eigenvalue weighted by Crippen LogP contribution is 2.55. The molecule has 24 heavy (non-hydrogen) atoms. The zero-order chi connectivity index (χ0) is 16.0. The summed E-state index contributed by atoms with van der Waals surface area (Å²) in [5.74, 6) is 0. The number of rotatable bonds is 5. The molecule has 0 aromatic heterocycles. The Morgan fingerprint density at radius 1 is 0.625 bits per heavy atom. The van der Waals surface area contributed by atoms with Crippen LogP contribution in [0.4, 0.5) is 0 Å². The van der Waals surface area contributed by atoms with Gasteiger partial charge in [-0.2, -0.15) is 0 Å². The summed E-state index contributed by atoms with van der Waals surface area (Å²) < 4.78 is 0. The summed E-state index contributed by atoms with van der Waals surface area (Å²) in [6.45, 7) is 0. The van der Waals surface area contributed by atoms with Crippen LogP contribution in [0.15, 0.2) is 103 Å². The molecule has 0 saturated heterocycles. The number of hydrogen-bond donors (Lipinski definition) is 1. The molecule has 122 valence electrons. The molecule has 0 aliphatic rings. The van der Waals surface area contributed by atoms with Gasteiger partial charge in [0.1, 0.15) is 23.2 Å². The summed E-state index contributed by atoms with van der Waals surface area (Å²) in [7, 11) is -1.82. The second-order valence-electron chi connectivity index (χ2n) is 5.38. The van der Waals surface area contributed by atoms with E-state index in [1.165, 1.54) is 22.2 Å². The maximum atomic E-state index is 9.31. The second-order valence-corrected chi connectivity index (χ2v) is 8.92. The van der Waals surface area contributed by atoms with Crippen molar-refractivity contribution in [2.75, 3.05) is 6.16 Å². The lowest BCUT2D eigenvalue weighted by atomic mass is 10.4. The van der Waals surface area contributed by atoms with Crippen LogP contribution in [0.2, 0.25) is 0 Å². The number of allylic oxidation sites excluding steroid dienone is 1. The van der Waals surface area contributed by atoms with Gasteiger partial charge in [0.05, 0.1) is 12.4 Å². The lowest BCUT2D eigenvalue weighted by molar-refractivity contribution is -0.00000530. The molecule has 0 heterocycles. The Hall–Kier alpha value is -1.89. The van der Waals surface area contributed by atoms with Crippen molar-refractivity contribution in [3.05, 3.63) is 103 Å². The SMILES string of the molecule is OC=CC[P+](c1ccccc1)(c1ccccc1)c1ccccc1.[Br-]. The molecule has 0 bridgehead atoms. The molecule has 3 aromatic carbocycles. The van der Waals surface area contributed by atoms with Gasteiger partial charge in [0, 0.05) is 0 Å². The lowest BCUT2D eigenvalue weighted by Gasteiger charge is -2.26. The van der Waals surface area contributed by atoms with Gasteiger partial charge in [-0.25, -0.2) is 0 Å². The van der Waals surface area contributed by atoms with E-state index in [0.717, 1.165) is 6.16 Å². The van der Waals surface area contributed by atoms with Gasteiger partial charge in [0.15, 0.2) is 0 Å². The standard InChI is InChI=1S/C21H19OP.BrH/c22-17-10-18-23(19-11-4-1-5-12-19,20-13-6-2-7-14-20)21-15-8-3-9-16-21;/h1-17H,18H2;1H. The van der Waals surface area contributed by atoms with Crippen LogP contribution in [-0.2, 0) is 0 Å². The minimum Gasteiger partial charge on any atom is -1.00 e. The molecule has 3 rings (SSSR count). The average molecular weight is 399 g/mol. The van der Waals surface area contributed by atoms with Crippen LogP contribution in [0.5, 0.6) is 0 Å². The van der Waals surface area contributed by atoms with E-state index >= 15 is 0 Å². The highest BCUT2D eigenvalue weighted by Gasteiger charge is 2.44. The van der Waals surface area contributed by atoms with Gasteiger partial charge in [0.25, 0.3) is 0 Å². The molecule has 0 spiro atoms. The summed E-state index contributed by atoms with van der Waals surface area (Å²) in [6.07, 6.45) is 3.85. The molecule has 3 aromatic rings. The van der Waals surface area contributed by atoms with Crippen molar-refractivity contribution in [3.8, 4) is 0 Å². The molecule has 1 nitrogen and oxygen atoms in total. The number of benzene rings is 3. The molecule has 0 atom stereocenters. The molecular weight excluding hydrogens is 379 g/mol. The van der Waals surface area contributed by atoms with Crippen molar-refractivity contribution in [1.82, 2.24) is 0 Å². The molecule has 0 aliphatic carbocycles. The first kappa shape index (κ1) is 18.4. The Morgan fingerprint density at radius 3 is 1.25 bits per heavy atom. The van der Waals surface area contributed by atoms with Gasteiger partial charge in [0.2, 0.25) is 0 Å². The zero-order valence-electron chi connectivity index (χ0n) is 13.3. The normalized spacial score (nSPS) is 11.2.